The van der Waals surface area contributed by atoms with Gasteiger partial charge in [0.2, 0.25) is 0 Å². The molecule has 0 radical (unpaired) electrons. The Balaban J connectivity index is 2.02. The molecular formula is C13H20BrN3. The molecule has 3 nitrogen and oxygen atoms in total. The standard InChI is InChI=1S/C13H20BrN3/c1-2-17-7-3-4-11(9-17)16-13-8-10(14)5-6-12(13)15/h5-6,8,11,16H,2-4,7,9,15H2,1H3. The highest BCUT2D eigenvalue weighted by Crippen LogP contribution is 2.25. The van der Waals surface area contributed by atoms with Gasteiger partial charge in [0.15, 0.2) is 0 Å². The van der Waals surface area contributed by atoms with E-state index < -0.39 is 0 Å². The number of piperidine rings is 1. The van der Waals surface area contributed by atoms with Crippen LogP contribution in [-0.4, -0.2) is 30.6 Å². The molecule has 0 amide bonds. The zero-order valence-electron chi connectivity index (χ0n) is 10.2. The maximum atomic E-state index is 5.98. The van der Waals surface area contributed by atoms with Crippen molar-refractivity contribution < 1.29 is 0 Å². The SMILES string of the molecule is CCN1CCCC(Nc2cc(Br)ccc2N)C1. The van der Waals surface area contributed by atoms with Gasteiger partial charge in [0, 0.05) is 17.1 Å². The summed E-state index contributed by atoms with van der Waals surface area (Å²) in [6, 6.07) is 6.48. The summed E-state index contributed by atoms with van der Waals surface area (Å²) in [5.74, 6) is 0. The van der Waals surface area contributed by atoms with Crippen molar-refractivity contribution in [3.63, 3.8) is 0 Å². The zero-order valence-corrected chi connectivity index (χ0v) is 11.8. The normalized spacial score (nSPS) is 21.4. The maximum Gasteiger partial charge on any atom is 0.0587 e. The largest absolute Gasteiger partial charge is 0.397 e. The molecule has 0 bridgehead atoms. The molecule has 1 heterocycles. The highest BCUT2D eigenvalue weighted by molar-refractivity contribution is 9.10. The third-order valence-electron chi connectivity index (χ3n) is 3.33. The average Bonchev–Trinajstić information content (AvgIpc) is 2.34. The monoisotopic (exact) mass is 297 g/mol. The summed E-state index contributed by atoms with van der Waals surface area (Å²) in [6.45, 7) is 5.69. The lowest BCUT2D eigenvalue weighted by molar-refractivity contribution is 0.227. The van der Waals surface area contributed by atoms with Gasteiger partial charge in [0.1, 0.15) is 0 Å². The second kappa shape index (κ2) is 5.74. The number of hydrogen-bond acceptors (Lipinski definition) is 3. The van der Waals surface area contributed by atoms with E-state index in [4.69, 9.17) is 5.73 Å². The van der Waals surface area contributed by atoms with Gasteiger partial charge in [-0.05, 0) is 44.1 Å². The van der Waals surface area contributed by atoms with Gasteiger partial charge in [-0.1, -0.05) is 22.9 Å². The Hall–Kier alpha value is -0.740. The van der Waals surface area contributed by atoms with Crippen molar-refractivity contribution in [2.75, 3.05) is 30.7 Å². The van der Waals surface area contributed by atoms with Gasteiger partial charge >= 0.3 is 0 Å². The summed E-state index contributed by atoms with van der Waals surface area (Å²) < 4.78 is 1.07. The van der Waals surface area contributed by atoms with Crippen molar-refractivity contribution in [1.82, 2.24) is 4.90 Å². The van der Waals surface area contributed by atoms with Crippen LogP contribution in [0.4, 0.5) is 11.4 Å². The molecular weight excluding hydrogens is 278 g/mol. The second-order valence-corrected chi connectivity index (χ2v) is 5.52. The topological polar surface area (TPSA) is 41.3 Å². The van der Waals surface area contributed by atoms with Gasteiger partial charge < -0.3 is 16.0 Å². The fraction of sp³-hybridized carbons (Fsp3) is 0.538. The van der Waals surface area contributed by atoms with Gasteiger partial charge in [0.25, 0.3) is 0 Å². The summed E-state index contributed by atoms with van der Waals surface area (Å²) in [5.41, 5.74) is 7.84. The third kappa shape index (κ3) is 3.36. The predicted molar refractivity (Wildman–Crippen MR) is 77.3 cm³/mol. The molecule has 94 valence electrons. The van der Waals surface area contributed by atoms with E-state index in [9.17, 15) is 0 Å². The Labute approximate surface area is 111 Å². The number of benzene rings is 1. The van der Waals surface area contributed by atoms with Crippen LogP contribution in [0.5, 0.6) is 0 Å². The van der Waals surface area contributed by atoms with E-state index in [1.165, 1.54) is 19.4 Å². The van der Waals surface area contributed by atoms with Gasteiger partial charge in [-0.3, -0.25) is 0 Å². The molecule has 1 atom stereocenters. The molecule has 1 saturated heterocycles. The fourth-order valence-electron chi connectivity index (χ4n) is 2.33. The molecule has 4 heteroatoms. The van der Waals surface area contributed by atoms with Gasteiger partial charge in [-0.2, -0.15) is 0 Å². The van der Waals surface area contributed by atoms with Crippen LogP contribution in [0.15, 0.2) is 22.7 Å². The molecule has 1 unspecified atom stereocenters. The van der Waals surface area contributed by atoms with Crippen LogP contribution in [0.3, 0.4) is 0 Å². The summed E-state index contributed by atoms with van der Waals surface area (Å²) in [5, 5.41) is 3.56. The van der Waals surface area contributed by atoms with Crippen molar-refractivity contribution in [2.24, 2.45) is 0 Å². The molecule has 2 rings (SSSR count). The molecule has 1 aromatic rings. The minimum atomic E-state index is 0.514. The summed E-state index contributed by atoms with van der Waals surface area (Å²) >= 11 is 3.48. The van der Waals surface area contributed by atoms with E-state index in [1.54, 1.807) is 0 Å². The Bertz CT molecular complexity index is 381. The van der Waals surface area contributed by atoms with Crippen LogP contribution in [0.2, 0.25) is 0 Å². The Morgan fingerprint density at radius 1 is 1.53 bits per heavy atom. The number of rotatable bonds is 3. The lowest BCUT2D eigenvalue weighted by atomic mass is 10.1. The number of halogens is 1. The lowest BCUT2D eigenvalue weighted by Gasteiger charge is -2.33. The van der Waals surface area contributed by atoms with Crippen LogP contribution in [0.1, 0.15) is 19.8 Å². The zero-order chi connectivity index (χ0) is 12.3. The highest BCUT2D eigenvalue weighted by atomic mass is 79.9. The van der Waals surface area contributed by atoms with Crippen LogP contribution in [0, 0.1) is 0 Å². The minimum absolute atomic E-state index is 0.514. The number of likely N-dealkylation sites (tertiary alicyclic amines) is 1. The molecule has 0 aliphatic carbocycles. The number of nitrogen functional groups attached to an aromatic ring is 1. The number of hydrogen-bond donors (Lipinski definition) is 2. The highest BCUT2D eigenvalue weighted by Gasteiger charge is 2.18. The first-order chi connectivity index (χ1) is 8.19. The second-order valence-electron chi connectivity index (χ2n) is 4.61. The summed E-state index contributed by atoms with van der Waals surface area (Å²) in [7, 11) is 0. The Morgan fingerprint density at radius 3 is 3.12 bits per heavy atom. The smallest absolute Gasteiger partial charge is 0.0587 e. The first-order valence-electron chi connectivity index (χ1n) is 6.23. The van der Waals surface area contributed by atoms with E-state index in [-0.39, 0.29) is 0 Å². The number of likely N-dealkylation sites (N-methyl/N-ethyl adjacent to an activating group) is 1. The fourth-order valence-corrected chi connectivity index (χ4v) is 2.70. The third-order valence-corrected chi connectivity index (χ3v) is 3.82. The first kappa shape index (κ1) is 12.7. The Kier molecular flexibility index (Phi) is 4.29. The molecule has 17 heavy (non-hydrogen) atoms. The van der Waals surface area contributed by atoms with E-state index in [0.717, 1.165) is 28.9 Å². The summed E-state index contributed by atoms with van der Waals surface area (Å²) in [6.07, 6.45) is 2.49. The molecule has 1 aromatic carbocycles. The van der Waals surface area contributed by atoms with Crippen LogP contribution < -0.4 is 11.1 Å². The van der Waals surface area contributed by atoms with E-state index in [0.29, 0.717) is 6.04 Å². The van der Waals surface area contributed by atoms with Crippen LogP contribution >= 0.6 is 15.9 Å². The van der Waals surface area contributed by atoms with E-state index in [1.807, 2.05) is 12.1 Å². The van der Waals surface area contributed by atoms with Gasteiger partial charge in [0.05, 0.1) is 11.4 Å². The first-order valence-corrected chi connectivity index (χ1v) is 7.02. The number of nitrogens with zero attached hydrogens (tertiary/aromatic N) is 1. The van der Waals surface area contributed by atoms with Gasteiger partial charge in [-0.15, -0.1) is 0 Å². The molecule has 1 aliphatic rings. The number of nitrogens with one attached hydrogen (secondary N) is 1. The average molecular weight is 298 g/mol. The van der Waals surface area contributed by atoms with E-state index >= 15 is 0 Å². The summed E-state index contributed by atoms with van der Waals surface area (Å²) in [4.78, 5) is 2.48. The quantitative estimate of drug-likeness (QED) is 0.843. The molecule has 0 spiro atoms. The van der Waals surface area contributed by atoms with Crippen molar-refractivity contribution in [3.8, 4) is 0 Å². The Morgan fingerprint density at radius 2 is 2.35 bits per heavy atom. The minimum Gasteiger partial charge on any atom is -0.397 e. The lowest BCUT2D eigenvalue weighted by Crippen LogP contribution is -2.41. The number of anilines is 2. The molecule has 1 fully saturated rings. The van der Waals surface area contributed by atoms with Crippen LogP contribution in [-0.2, 0) is 0 Å². The molecule has 1 aliphatic heterocycles. The molecule has 0 aromatic heterocycles. The van der Waals surface area contributed by atoms with E-state index in [2.05, 4.69) is 39.1 Å². The number of nitrogens with two attached hydrogens (primary N) is 1. The van der Waals surface area contributed by atoms with Crippen molar-refractivity contribution in [3.05, 3.63) is 22.7 Å². The molecule has 3 N–H and O–H groups in total. The van der Waals surface area contributed by atoms with Crippen molar-refractivity contribution >= 4 is 27.3 Å². The van der Waals surface area contributed by atoms with Crippen molar-refractivity contribution in [2.45, 2.75) is 25.8 Å². The van der Waals surface area contributed by atoms with Gasteiger partial charge in [-0.25, -0.2) is 0 Å². The molecule has 0 saturated carbocycles. The predicted octanol–water partition coefficient (Wildman–Crippen LogP) is 2.93. The van der Waals surface area contributed by atoms with Crippen LogP contribution in [0.25, 0.3) is 0 Å². The van der Waals surface area contributed by atoms with Crippen molar-refractivity contribution in [1.29, 1.82) is 0 Å². The maximum absolute atomic E-state index is 5.98.